The van der Waals surface area contributed by atoms with Crippen LogP contribution in [0.2, 0.25) is 0 Å². The number of methoxy groups -OCH3 is 3. The molecule has 1 saturated heterocycles. The van der Waals surface area contributed by atoms with Crippen molar-refractivity contribution in [3.05, 3.63) is 23.8 Å². The fraction of sp³-hybridized carbons (Fsp3) is 0.565. The third-order valence-corrected chi connectivity index (χ3v) is 6.00. The van der Waals surface area contributed by atoms with Gasteiger partial charge in [-0.2, -0.15) is 0 Å². The van der Waals surface area contributed by atoms with Crippen molar-refractivity contribution < 1.29 is 28.5 Å². The molecule has 1 saturated carbocycles. The lowest BCUT2D eigenvalue weighted by molar-refractivity contribution is -0.151. The van der Waals surface area contributed by atoms with E-state index in [2.05, 4.69) is 0 Å². The summed E-state index contributed by atoms with van der Waals surface area (Å²) >= 11 is 0. The Morgan fingerprint density at radius 3 is 2.33 bits per heavy atom. The van der Waals surface area contributed by atoms with Gasteiger partial charge in [0, 0.05) is 18.7 Å². The number of benzene rings is 1. The Bertz CT molecular complexity index is 763. The standard InChI is InChI=1S/C23H31NO6/c1-27-19-13-16(14-20(28-2)23(19)29-3)10-11-22(26)30-15-21(25)24-12-6-8-17-7-4-5-9-18(17)24/h10-11,13-14,17-18H,4-9,12,15H2,1-3H3/b11-10+/t17-,18-/m0/s1. The number of carbonyl (C=O) groups excluding carboxylic acids is 2. The summed E-state index contributed by atoms with van der Waals surface area (Å²) in [5.74, 6) is 1.41. The van der Waals surface area contributed by atoms with E-state index in [9.17, 15) is 9.59 Å². The Labute approximate surface area is 177 Å². The zero-order valence-corrected chi connectivity index (χ0v) is 18.0. The number of piperidine rings is 1. The molecule has 7 nitrogen and oxygen atoms in total. The SMILES string of the molecule is COc1cc(/C=C/C(=O)OCC(=O)N2CCC[C@@H]3CCCC[C@@H]32)cc(OC)c1OC. The van der Waals surface area contributed by atoms with E-state index in [1.165, 1.54) is 53.1 Å². The van der Waals surface area contributed by atoms with Gasteiger partial charge in [-0.3, -0.25) is 4.79 Å². The monoisotopic (exact) mass is 417 g/mol. The number of carbonyl (C=O) groups is 2. The topological polar surface area (TPSA) is 74.3 Å². The molecule has 1 aromatic carbocycles. The number of fused-ring (bicyclic) bond motifs is 1. The van der Waals surface area contributed by atoms with Crippen LogP contribution in [0.15, 0.2) is 18.2 Å². The van der Waals surface area contributed by atoms with Gasteiger partial charge in [0.2, 0.25) is 5.75 Å². The van der Waals surface area contributed by atoms with E-state index in [-0.39, 0.29) is 12.5 Å². The predicted molar refractivity (Wildman–Crippen MR) is 113 cm³/mol. The number of esters is 1. The fourth-order valence-electron chi connectivity index (χ4n) is 4.56. The number of hydrogen-bond donors (Lipinski definition) is 0. The Morgan fingerprint density at radius 2 is 1.67 bits per heavy atom. The molecule has 2 fully saturated rings. The summed E-state index contributed by atoms with van der Waals surface area (Å²) in [6, 6.07) is 3.77. The van der Waals surface area contributed by atoms with E-state index in [4.69, 9.17) is 18.9 Å². The van der Waals surface area contributed by atoms with Gasteiger partial charge in [0.1, 0.15) is 0 Å². The maximum atomic E-state index is 12.6. The van der Waals surface area contributed by atoms with Gasteiger partial charge in [0.05, 0.1) is 21.3 Å². The second kappa shape index (κ2) is 10.4. The van der Waals surface area contributed by atoms with Crippen LogP contribution in [0.25, 0.3) is 6.08 Å². The first-order chi connectivity index (χ1) is 14.6. The van der Waals surface area contributed by atoms with E-state index in [0.29, 0.717) is 34.8 Å². The summed E-state index contributed by atoms with van der Waals surface area (Å²) in [5, 5.41) is 0. The molecule has 0 bridgehead atoms. The molecule has 1 amide bonds. The average Bonchev–Trinajstić information content (AvgIpc) is 2.79. The molecule has 1 aliphatic carbocycles. The maximum absolute atomic E-state index is 12.6. The number of nitrogens with zero attached hydrogens (tertiary/aromatic N) is 1. The quantitative estimate of drug-likeness (QED) is 0.500. The van der Waals surface area contributed by atoms with Crippen molar-refractivity contribution in [2.75, 3.05) is 34.5 Å². The molecule has 0 radical (unpaired) electrons. The summed E-state index contributed by atoms with van der Waals surface area (Å²) in [6.07, 6.45) is 9.81. The molecule has 1 heterocycles. The molecule has 0 aromatic heterocycles. The molecule has 0 N–H and O–H groups in total. The molecule has 164 valence electrons. The van der Waals surface area contributed by atoms with Crippen LogP contribution in [0, 0.1) is 5.92 Å². The first-order valence-corrected chi connectivity index (χ1v) is 10.5. The first-order valence-electron chi connectivity index (χ1n) is 10.5. The van der Waals surface area contributed by atoms with Crippen LogP contribution >= 0.6 is 0 Å². The second-order valence-electron chi connectivity index (χ2n) is 7.74. The van der Waals surface area contributed by atoms with E-state index >= 15 is 0 Å². The van der Waals surface area contributed by atoms with Gasteiger partial charge < -0.3 is 23.8 Å². The Kier molecular flexibility index (Phi) is 7.60. The highest BCUT2D eigenvalue weighted by atomic mass is 16.5. The number of rotatable bonds is 7. The van der Waals surface area contributed by atoms with Gasteiger partial charge >= 0.3 is 5.97 Å². The molecular formula is C23H31NO6. The fourth-order valence-corrected chi connectivity index (χ4v) is 4.56. The largest absolute Gasteiger partial charge is 0.493 e. The number of likely N-dealkylation sites (tertiary alicyclic amines) is 1. The molecule has 1 aliphatic heterocycles. The minimum absolute atomic E-state index is 0.0962. The molecule has 3 rings (SSSR count). The molecule has 2 aliphatic rings. The molecular weight excluding hydrogens is 386 g/mol. The average molecular weight is 418 g/mol. The summed E-state index contributed by atoms with van der Waals surface area (Å²) in [7, 11) is 4.59. The number of hydrogen-bond acceptors (Lipinski definition) is 6. The van der Waals surface area contributed by atoms with Crippen molar-refractivity contribution in [2.45, 2.75) is 44.6 Å². The van der Waals surface area contributed by atoms with Gasteiger partial charge in [-0.05, 0) is 55.4 Å². The first kappa shape index (κ1) is 22.0. The van der Waals surface area contributed by atoms with Crippen LogP contribution < -0.4 is 14.2 Å². The minimum Gasteiger partial charge on any atom is -0.493 e. The zero-order chi connectivity index (χ0) is 21.5. The molecule has 30 heavy (non-hydrogen) atoms. The van der Waals surface area contributed by atoms with Gasteiger partial charge in [-0.15, -0.1) is 0 Å². The van der Waals surface area contributed by atoms with Crippen molar-refractivity contribution in [2.24, 2.45) is 5.92 Å². The zero-order valence-electron chi connectivity index (χ0n) is 18.0. The summed E-state index contributed by atoms with van der Waals surface area (Å²) in [5.41, 5.74) is 0.689. The molecule has 1 aromatic rings. The third-order valence-electron chi connectivity index (χ3n) is 6.00. The highest BCUT2D eigenvalue weighted by molar-refractivity contribution is 5.89. The van der Waals surface area contributed by atoms with Crippen LogP contribution in [0.4, 0.5) is 0 Å². The van der Waals surface area contributed by atoms with Gasteiger partial charge in [0.15, 0.2) is 18.1 Å². The van der Waals surface area contributed by atoms with Gasteiger partial charge in [0.25, 0.3) is 5.91 Å². The minimum atomic E-state index is -0.561. The lowest BCUT2D eigenvalue weighted by Gasteiger charge is -2.44. The van der Waals surface area contributed by atoms with Crippen molar-refractivity contribution in [1.29, 1.82) is 0 Å². The van der Waals surface area contributed by atoms with Crippen molar-refractivity contribution in [3.63, 3.8) is 0 Å². The van der Waals surface area contributed by atoms with E-state index < -0.39 is 5.97 Å². The van der Waals surface area contributed by atoms with Crippen molar-refractivity contribution in [3.8, 4) is 17.2 Å². The molecule has 7 heteroatoms. The predicted octanol–water partition coefficient (Wildman–Crippen LogP) is 3.45. The van der Waals surface area contributed by atoms with Crippen LogP contribution in [0.3, 0.4) is 0 Å². The van der Waals surface area contributed by atoms with Crippen molar-refractivity contribution >= 4 is 18.0 Å². The Hall–Kier alpha value is -2.70. The van der Waals surface area contributed by atoms with E-state index in [0.717, 1.165) is 19.4 Å². The van der Waals surface area contributed by atoms with Crippen LogP contribution in [-0.2, 0) is 14.3 Å². The normalized spacial score (nSPS) is 21.1. The summed E-state index contributed by atoms with van der Waals surface area (Å²) in [6.45, 7) is 0.542. The van der Waals surface area contributed by atoms with Crippen molar-refractivity contribution in [1.82, 2.24) is 4.90 Å². The van der Waals surface area contributed by atoms with Gasteiger partial charge in [-0.1, -0.05) is 12.8 Å². The molecule has 2 atom stereocenters. The lowest BCUT2D eigenvalue weighted by atomic mass is 9.78. The van der Waals surface area contributed by atoms with E-state index in [1.807, 2.05) is 4.90 Å². The van der Waals surface area contributed by atoms with Crippen LogP contribution in [0.1, 0.15) is 44.1 Å². The Balaban J connectivity index is 1.58. The van der Waals surface area contributed by atoms with E-state index in [1.54, 1.807) is 18.2 Å². The van der Waals surface area contributed by atoms with Gasteiger partial charge in [-0.25, -0.2) is 4.79 Å². The van der Waals surface area contributed by atoms with Crippen LogP contribution in [-0.4, -0.2) is 57.3 Å². The maximum Gasteiger partial charge on any atom is 0.331 e. The molecule has 0 spiro atoms. The third kappa shape index (κ3) is 5.07. The summed E-state index contributed by atoms with van der Waals surface area (Å²) in [4.78, 5) is 26.7. The second-order valence-corrected chi connectivity index (χ2v) is 7.74. The smallest absolute Gasteiger partial charge is 0.331 e. The highest BCUT2D eigenvalue weighted by Crippen LogP contribution is 2.38. The summed E-state index contributed by atoms with van der Waals surface area (Å²) < 4.78 is 21.1. The van der Waals surface area contributed by atoms with Crippen LogP contribution in [0.5, 0.6) is 17.2 Å². The number of amides is 1. The molecule has 0 unspecified atom stereocenters. The highest BCUT2D eigenvalue weighted by Gasteiger charge is 2.35. The lowest BCUT2D eigenvalue weighted by Crippen LogP contribution is -2.50. The Morgan fingerprint density at radius 1 is 1.00 bits per heavy atom. The number of ether oxygens (including phenoxy) is 4.